The number of rotatable bonds is 5. The van der Waals surface area contributed by atoms with Crippen LogP contribution < -0.4 is 0 Å². The summed E-state index contributed by atoms with van der Waals surface area (Å²) < 4.78 is 59.1. The molecule has 0 bridgehead atoms. The van der Waals surface area contributed by atoms with E-state index < -0.39 is 41.1 Å². The van der Waals surface area contributed by atoms with Crippen molar-refractivity contribution in [3.8, 4) is 6.07 Å². The molecule has 0 aromatic heterocycles. The van der Waals surface area contributed by atoms with Crippen LogP contribution in [-0.2, 0) is 10.0 Å². The van der Waals surface area contributed by atoms with E-state index in [4.69, 9.17) is 10.4 Å². The van der Waals surface area contributed by atoms with Crippen LogP contribution in [0.1, 0.15) is 6.92 Å². The number of aliphatic hydroxyl groups is 1. The summed E-state index contributed by atoms with van der Waals surface area (Å²) in [4.78, 5) is 0. The third-order valence-electron chi connectivity index (χ3n) is 1.69. The second kappa shape index (κ2) is 5.47. The molecule has 1 unspecified atom stereocenters. The third kappa shape index (κ3) is 4.34. The second-order valence-electron chi connectivity index (χ2n) is 2.99. The molecule has 0 aliphatic heterocycles. The number of aliphatic hydroxyl groups excluding tert-OH is 1. The summed E-state index contributed by atoms with van der Waals surface area (Å²) in [5.41, 5.74) is 0. The van der Waals surface area contributed by atoms with Crippen LogP contribution >= 0.6 is 0 Å². The Morgan fingerprint density at radius 1 is 1.50 bits per heavy atom. The molecule has 0 saturated heterocycles. The molecular formula is C7H11F3N2O3S. The predicted octanol–water partition coefficient (Wildman–Crippen LogP) is 0.0849. The highest BCUT2D eigenvalue weighted by Gasteiger charge is 2.38. The van der Waals surface area contributed by atoms with Crippen LogP contribution in [0.2, 0.25) is 0 Å². The molecule has 1 N–H and O–H groups in total. The molecule has 0 spiro atoms. The van der Waals surface area contributed by atoms with Gasteiger partial charge in [0.25, 0.3) is 0 Å². The normalized spacial score (nSPS) is 14.8. The van der Waals surface area contributed by atoms with Gasteiger partial charge in [0.05, 0.1) is 12.7 Å². The SMILES string of the molecule is CC(C#N)S(=O)(=O)N(CCO)CC(F)(F)F. The first-order valence-electron chi connectivity index (χ1n) is 4.21. The minimum Gasteiger partial charge on any atom is -0.395 e. The fraction of sp³-hybridized carbons (Fsp3) is 0.857. The van der Waals surface area contributed by atoms with Crippen LogP contribution in [0.25, 0.3) is 0 Å². The Bertz CT molecular complexity index is 360. The summed E-state index contributed by atoms with van der Waals surface area (Å²) >= 11 is 0. The topological polar surface area (TPSA) is 81.4 Å². The van der Waals surface area contributed by atoms with Gasteiger partial charge in [0.2, 0.25) is 10.0 Å². The molecule has 16 heavy (non-hydrogen) atoms. The third-order valence-corrected chi connectivity index (χ3v) is 3.72. The molecule has 0 heterocycles. The lowest BCUT2D eigenvalue weighted by atomic mass is 10.5. The van der Waals surface area contributed by atoms with Crippen LogP contribution in [-0.4, -0.2) is 49.0 Å². The van der Waals surface area contributed by atoms with Crippen molar-refractivity contribution in [3.05, 3.63) is 0 Å². The predicted molar refractivity (Wildman–Crippen MR) is 48.7 cm³/mol. The number of sulfonamides is 1. The zero-order chi connectivity index (χ0) is 13.0. The molecule has 0 amide bonds. The van der Waals surface area contributed by atoms with E-state index in [9.17, 15) is 21.6 Å². The van der Waals surface area contributed by atoms with Crippen molar-refractivity contribution in [3.63, 3.8) is 0 Å². The van der Waals surface area contributed by atoms with Gasteiger partial charge in [-0.1, -0.05) is 0 Å². The highest BCUT2D eigenvalue weighted by Crippen LogP contribution is 2.20. The van der Waals surface area contributed by atoms with Crippen LogP contribution in [0.4, 0.5) is 13.2 Å². The monoisotopic (exact) mass is 260 g/mol. The second-order valence-corrected chi connectivity index (χ2v) is 5.24. The summed E-state index contributed by atoms with van der Waals surface area (Å²) in [5.74, 6) is 0. The number of nitrogens with zero attached hydrogens (tertiary/aromatic N) is 2. The van der Waals surface area contributed by atoms with Crippen LogP contribution in [0.15, 0.2) is 0 Å². The fourth-order valence-corrected chi connectivity index (χ4v) is 2.14. The van der Waals surface area contributed by atoms with E-state index in [-0.39, 0.29) is 4.31 Å². The van der Waals surface area contributed by atoms with E-state index in [1.807, 2.05) is 0 Å². The maximum absolute atomic E-state index is 12.1. The molecule has 0 rings (SSSR count). The maximum Gasteiger partial charge on any atom is 0.402 e. The van der Waals surface area contributed by atoms with Crippen molar-refractivity contribution in [2.75, 3.05) is 19.7 Å². The average molecular weight is 260 g/mol. The van der Waals surface area contributed by atoms with Crippen LogP contribution in [0.3, 0.4) is 0 Å². The lowest BCUT2D eigenvalue weighted by Gasteiger charge is -2.23. The van der Waals surface area contributed by atoms with Crippen molar-refractivity contribution >= 4 is 10.0 Å². The van der Waals surface area contributed by atoms with Gasteiger partial charge in [-0.05, 0) is 6.92 Å². The number of alkyl halides is 3. The molecule has 0 saturated carbocycles. The number of hydrogen-bond acceptors (Lipinski definition) is 4. The van der Waals surface area contributed by atoms with E-state index >= 15 is 0 Å². The summed E-state index contributed by atoms with van der Waals surface area (Å²) in [6.45, 7) is -2.15. The summed E-state index contributed by atoms with van der Waals surface area (Å²) in [6.07, 6.45) is -4.71. The smallest absolute Gasteiger partial charge is 0.395 e. The molecule has 0 radical (unpaired) electrons. The summed E-state index contributed by atoms with van der Waals surface area (Å²) in [7, 11) is -4.35. The Labute approximate surface area is 91.1 Å². The number of nitriles is 1. The van der Waals surface area contributed by atoms with Gasteiger partial charge in [-0.25, -0.2) is 8.42 Å². The van der Waals surface area contributed by atoms with E-state index in [1.54, 1.807) is 0 Å². The summed E-state index contributed by atoms with van der Waals surface area (Å²) in [6, 6.07) is 1.35. The quantitative estimate of drug-likeness (QED) is 0.759. The number of halogens is 3. The first kappa shape index (κ1) is 15.2. The van der Waals surface area contributed by atoms with Crippen LogP contribution in [0, 0.1) is 11.3 Å². The standard InChI is InChI=1S/C7H11F3N2O3S/c1-6(4-11)16(14,15)12(2-3-13)5-7(8,9)10/h6,13H,2-3,5H2,1H3. The first-order chi connectivity index (χ1) is 7.15. The molecule has 94 valence electrons. The molecule has 0 aliphatic carbocycles. The molecule has 0 fully saturated rings. The van der Waals surface area contributed by atoms with Gasteiger partial charge in [0.15, 0.2) is 5.25 Å². The van der Waals surface area contributed by atoms with Crippen molar-refractivity contribution in [2.45, 2.75) is 18.3 Å². The Kier molecular flexibility index (Phi) is 5.18. The zero-order valence-corrected chi connectivity index (χ0v) is 9.22. The lowest BCUT2D eigenvalue weighted by Crippen LogP contribution is -2.44. The average Bonchev–Trinajstić information content (AvgIpc) is 2.13. The fourth-order valence-electron chi connectivity index (χ4n) is 0.898. The number of hydrogen-bond donors (Lipinski definition) is 1. The molecular weight excluding hydrogens is 249 g/mol. The van der Waals surface area contributed by atoms with Gasteiger partial charge in [-0.3, -0.25) is 0 Å². The maximum atomic E-state index is 12.1. The van der Waals surface area contributed by atoms with Crippen molar-refractivity contribution < 1.29 is 26.7 Å². The first-order valence-corrected chi connectivity index (χ1v) is 5.71. The van der Waals surface area contributed by atoms with Gasteiger partial charge in [0, 0.05) is 6.54 Å². The van der Waals surface area contributed by atoms with E-state index in [1.165, 1.54) is 6.07 Å². The Balaban J connectivity index is 5.00. The van der Waals surface area contributed by atoms with Gasteiger partial charge >= 0.3 is 6.18 Å². The Morgan fingerprint density at radius 3 is 2.31 bits per heavy atom. The minimum atomic E-state index is -4.71. The summed E-state index contributed by atoms with van der Waals surface area (Å²) in [5, 5.41) is 15.3. The van der Waals surface area contributed by atoms with E-state index in [0.29, 0.717) is 0 Å². The molecule has 0 aromatic carbocycles. The zero-order valence-electron chi connectivity index (χ0n) is 8.40. The van der Waals surface area contributed by atoms with Gasteiger partial charge < -0.3 is 5.11 Å². The molecule has 1 atom stereocenters. The van der Waals surface area contributed by atoms with Gasteiger partial charge in [0.1, 0.15) is 6.54 Å². The Hall–Kier alpha value is -0.850. The van der Waals surface area contributed by atoms with Crippen LogP contribution in [0.5, 0.6) is 0 Å². The van der Waals surface area contributed by atoms with Crippen molar-refractivity contribution in [2.24, 2.45) is 0 Å². The lowest BCUT2D eigenvalue weighted by molar-refractivity contribution is -0.136. The minimum absolute atomic E-state index is 0.0564. The van der Waals surface area contributed by atoms with E-state index in [0.717, 1.165) is 6.92 Å². The van der Waals surface area contributed by atoms with Crippen molar-refractivity contribution in [1.29, 1.82) is 5.26 Å². The van der Waals surface area contributed by atoms with Crippen molar-refractivity contribution in [1.82, 2.24) is 4.31 Å². The Morgan fingerprint density at radius 2 is 2.00 bits per heavy atom. The molecule has 0 aromatic rings. The van der Waals surface area contributed by atoms with Gasteiger partial charge in [-0.15, -0.1) is 0 Å². The highest BCUT2D eigenvalue weighted by molar-refractivity contribution is 7.89. The van der Waals surface area contributed by atoms with Gasteiger partial charge in [-0.2, -0.15) is 22.7 Å². The molecule has 5 nitrogen and oxygen atoms in total. The largest absolute Gasteiger partial charge is 0.402 e. The molecule has 9 heteroatoms. The highest BCUT2D eigenvalue weighted by atomic mass is 32.2. The molecule has 0 aliphatic rings. The van der Waals surface area contributed by atoms with E-state index in [2.05, 4.69) is 0 Å².